The molecule has 2 aromatic carbocycles. The zero-order valence-electron chi connectivity index (χ0n) is 16.5. The fourth-order valence-electron chi connectivity index (χ4n) is 3.48. The highest BCUT2D eigenvalue weighted by atomic mass is 16.5. The molecule has 3 heterocycles. The van der Waals surface area contributed by atoms with Crippen LogP contribution in [0.1, 0.15) is 16.1 Å². The van der Waals surface area contributed by atoms with Gasteiger partial charge < -0.3 is 18.9 Å². The van der Waals surface area contributed by atoms with E-state index in [0.717, 1.165) is 27.9 Å². The number of fused-ring (bicyclic) bond motifs is 2. The molecule has 0 radical (unpaired) electrons. The van der Waals surface area contributed by atoms with Crippen molar-refractivity contribution < 1.29 is 13.9 Å². The molecule has 148 valence electrons. The molecule has 5 aromatic rings. The van der Waals surface area contributed by atoms with Crippen LogP contribution in [0.5, 0.6) is 5.75 Å². The normalized spacial score (nSPS) is 11.1. The number of hydrogen-bond acceptors (Lipinski definition) is 4. The van der Waals surface area contributed by atoms with Crippen LogP contribution in [0.3, 0.4) is 0 Å². The Kier molecular flexibility index (Phi) is 4.25. The molecule has 0 unspecified atom stereocenters. The fraction of sp³-hybridized carbons (Fsp3) is 0.0833. The molecule has 6 heteroatoms. The largest absolute Gasteiger partial charge is 0.493 e. The Labute approximate surface area is 172 Å². The Bertz CT molecular complexity index is 1360. The smallest absolute Gasteiger partial charge is 0.291 e. The Morgan fingerprint density at radius 3 is 2.83 bits per heavy atom. The van der Waals surface area contributed by atoms with E-state index in [0.29, 0.717) is 17.0 Å². The summed E-state index contributed by atoms with van der Waals surface area (Å²) in [6.45, 7) is 1.95. The SMILES string of the molecule is COc1cccc2cc(C(=O)Nc3cc(-c4cn5ccccc5n4)ccc3C)oc12. The van der Waals surface area contributed by atoms with Gasteiger partial charge in [0.1, 0.15) is 5.65 Å². The zero-order valence-corrected chi connectivity index (χ0v) is 16.5. The van der Waals surface area contributed by atoms with Crippen LogP contribution in [0.25, 0.3) is 27.9 Å². The van der Waals surface area contributed by atoms with Crippen LogP contribution in [0.15, 0.2) is 77.5 Å². The number of ether oxygens (including phenoxy) is 1. The molecule has 3 aromatic heterocycles. The van der Waals surface area contributed by atoms with Crippen LogP contribution in [0.4, 0.5) is 5.69 Å². The van der Waals surface area contributed by atoms with Crippen molar-refractivity contribution in [3.63, 3.8) is 0 Å². The van der Waals surface area contributed by atoms with Crippen LogP contribution in [-0.2, 0) is 0 Å². The summed E-state index contributed by atoms with van der Waals surface area (Å²) in [5, 5.41) is 3.78. The minimum Gasteiger partial charge on any atom is -0.493 e. The van der Waals surface area contributed by atoms with E-state index in [1.807, 2.05) is 72.2 Å². The number of carbonyl (C=O) groups is 1. The number of benzene rings is 2. The predicted molar refractivity (Wildman–Crippen MR) is 116 cm³/mol. The van der Waals surface area contributed by atoms with Crippen LogP contribution in [0.2, 0.25) is 0 Å². The molecule has 0 bridgehead atoms. The highest BCUT2D eigenvalue weighted by Gasteiger charge is 2.16. The number of nitrogens with zero attached hydrogens (tertiary/aromatic N) is 2. The van der Waals surface area contributed by atoms with Gasteiger partial charge in [0.2, 0.25) is 0 Å². The number of imidazole rings is 1. The number of anilines is 1. The molecule has 6 nitrogen and oxygen atoms in total. The Morgan fingerprint density at radius 2 is 2.00 bits per heavy atom. The lowest BCUT2D eigenvalue weighted by Gasteiger charge is -2.09. The van der Waals surface area contributed by atoms with Crippen LogP contribution in [0, 0.1) is 6.92 Å². The van der Waals surface area contributed by atoms with Gasteiger partial charge in [-0.15, -0.1) is 0 Å². The predicted octanol–water partition coefficient (Wildman–Crippen LogP) is 5.32. The fourth-order valence-corrected chi connectivity index (χ4v) is 3.48. The van der Waals surface area contributed by atoms with Crippen LogP contribution >= 0.6 is 0 Å². The van der Waals surface area contributed by atoms with E-state index in [4.69, 9.17) is 9.15 Å². The number of furan rings is 1. The summed E-state index contributed by atoms with van der Waals surface area (Å²) in [4.78, 5) is 17.5. The number of aryl methyl sites for hydroxylation is 1. The molecule has 1 amide bonds. The van der Waals surface area contributed by atoms with E-state index >= 15 is 0 Å². The molecular formula is C24H19N3O3. The molecule has 0 spiro atoms. The second-order valence-corrected chi connectivity index (χ2v) is 7.07. The third-order valence-electron chi connectivity index (χ3n) is 5.10. The number of carbonyl (C=O) groups excluding carboxylic acids is 1. The van der Waals surface area contributed by atoms with Crippen molar-refractivity contribution in [2.24, 2.45) is 0 Å². The van der Waals surface area contributed by atoms with E-state index in [-0.39, 0.29) is 11.7 Å². The van der Waals surface area contributed by atoms with Crippen molar-refractivity contribution in [2.45, 2.75) is 6.92 Å². The number of aromatic nitrogens is 2. The number of rotatable bonds is 4. The molecule has 0 saturated carbocycles. The number of methoxy groups -OCH3 is 1. The monoisotopic (exact) mass is 397 g/mol. The molecule has 0 atom stereocenters. The average molecular weight is 397 g/mol. The quantitative estimate of drug-likeness (QED) is 0.446. The van der Waals surface area contributed by atoms with E-state index in [9.17, 15) is 4.79 Å². The number of para-hydroxylation sites is 1. The molecule has 0 aliphatic rings. The average Bonchev–Trinajstić information content (AvgIpc) is 3.39. The lowest BCUT2D eigenvalue weighted by Crippen LogP contribution is -2.11. The molecule has 0 saturated heterocycles. The van der Waals surface area contributed by atoms with Gasteiger partial charge in [0, 0.05) is 29.0 Å². The van der Waals surface area contributed by atoms with E-state index in [2.05, 4.69) is 10.3 Å². The molecule has 5 rings (SSSR count). The lowest BCUT2D eigenvalue weighted by molar-refractivity contribution is 0.0998. The number of amides is 1. The minimum absolute atomic E-state index is 0.229. The molecule has 1 N–H and O–H groups in total. The second-order valence-electron chi connectivity index (χ2n) is 7.07. The maximum Gasteiger partial charge on any atom is 0.291 e. The Balaban J connectivity index is 1.47. The third kappa shape index (κ3) is 3.08. The van der Waals surface area contributed by atoms with Crippen molar-refractivity contribution in [2.75, 3.05) is 12.4 Å². The van der Waals surface area contributed by atoms with Crippen LogP contribution in [-0.4, -0.2) is 22.4 Å². The molecule has 0 aliphatic heterocycles. The van der Waals surface area contributed by atoms with Gasteiger partial charge in [0.05, 0.1) is 12.8 Å². The van der Waals surface area contributed by atoms with Gasteiger partial charge in [0.25, 0.3) is 5.91 Å². The second kappa shape index (κ2) is 7.08. The first-order chi connectivity index (χ1) is 14.6. The lowest BCUT2D eigenvalue weighted by atomic mass is 10.1. The van der Waals surface area contributed by atoms with Gasteiger partial charge in [-0.05, 0) is 42.8 Å². The van der Waals surface area contributed by atoms with Gasteiger partial charge >= 0.3 is 0 Å². The van der Waals surface area contributed by atoms with Crippen molar-refractivity contribution in [3.8, 4) is 17.0 Å². The standard InChI is InChI=1S/C24H19N3O3/c1-15-9-10-16(19-14-27-11-4-3-8-22(27)25-19)12-18(15)26-24(28)21-13-17-6-5-7-20(29-2)23(17)30-21/h3-14H,1-2H3,(H,26,28). The summed E-state index contributed by atoms with van der Waals surface area (Å²) in [6.07, 6.45) is 3.93. The van der Waals surface area contributed by atoms with Crippen molar-refractivity contribution in [3.05, 3.63) is 84.4 Å². The van der Waals surface area contributed by atoms with E-state index in [1.165, 1.54) is 0 Å². The van der Waals surface area contributed by atoms with Gasteiger partial charge in [0.15, 0.2) is 17.1 Å². The summed E-state index contributed by atoms with van der Waals surface area (Å²) in [5.41, 5.74) is 4.85. The van der Waals surface area contributed by atoms with Crippen molar-refractivity contribution in [1.82, 2.24) is 9.38 Å². The highest BCUT2D eigenvalue weighted by Crippen LogP contribution is 2.30. The first-order valence-electron chi connectivity index (χ1n) is 9.55. The summed E-state index contributed by atoms with van der Waals surface area (Å²) in [7, 11) is 1.57. The Morgan fingerprint density at radius 1 is 1.10 bits per heavy atom. The first kappa shape index (κ1) is 18.0. The van der Waals surface area contributed by atoms with Crippen molar-refractivity contribution >= 4 is 28.2 Å². The van der Waals surface area contributed by atoms with E-state index < -0.39 is 0 Å². The van der Waals surface area contributed by atoms with Gasteiger partial charge in [-0.1, -0.05) is 30.3 Å². The summed E-state index contributed by atoms with van der Waals surface area (Å²) in [5.74, 6) is 0.507. The molecule has 30 heavy (non-hydrogen) atoms. The number of pyridine rings is 1. The number of nitrogens with one attached hydrogen (secondary N) is 1. The minimum atomic E-state index is -0.316. The van der Waals surface area contributed by atoms with E-state index in [1.54, 1.807) is 19.2 Å². The summed E-state index contributed by atoms with van der Waals surface area (Å²) < 4.78 is 13.0. The third-order valence-corrected chi connectivity index (χ3v) is 5.10. The number of hydrogen-bond donors (Lipinski definition) is 1. The summed E-state index contributed by atoms with van der Waals surface area (Å²) in [6, 6.07) is 19.0. The highest BCUT2D eigenvalue weighted by molar-refractivity contribution is 6.05. The Hall–Kier alpha value is -4.06. The molecule has 0 fully saturated rings. The molecule has 0 aliphatic carbocycles. The molecular weight excluding hydrogens is 378 g/mol. The van der Waals surface area contributed by atoms with Crippen molar-refractivity contribution in [1.29, 1.82) is 0 Å². The van der Waals surface area contributed by atoms with Gasteiger partial charge in [-0.2, -0.15) is 0 Å². The maximum atomic E-state index is 12.9. The topological polar surface area (TPSA) is 68.8 Å². The zero-order chi connectivity index (χ0) is 20.7. The van der Waals surface area contributed by atoms with Gasteiger partial charge in [-0.25, -0.2) is 4.98 Å². The van der Waals surface area contributed by atoms with Crippen LogP contribution < -0.4 is 10.1 Å². The summed E-state index contributed by atoms with van der Waals surface area (Å²) >= 11 is 0. The maximum absolute atomic E-state index is 12.9. The first-order valence-corrected chi connectivity index (χ1v) is 9.55. The van der Waals surface area contributed by atoms with Gasteiger partial charge in [-0.3, -0.25) is 4.79 Å².